The quantitative estimate of drug-likeness (QED) is 0.482. The molecule has 0 heterocycles. The van der Waals surface area contributed by atoms with Crippen LogP contribution >= 0.6 is 0 Å². The second-order valence-corrected chi connectivity index (χ2v) is 4.12. The van der Waals surface area contributed by atoms with Gasteiger partial charge in [-0.1, -0.05) is 37.5 Å². The summed E-state index contributed by atoms with van der Waals surface area (Å²) >= 11 is 0. The normalized spacial score (nSPS) is 26.3. The lowest BCUT2D eigenvalue weighted by molar-refractivity contribution is 0.620. The highest BCUT2D eigenvalue weighted by atomic mass is 14.0. The Kier molecular flexibility index (Phi) is 7.47. The summed E-state index contributed by atoms with van der Waals surface area (Å²) < 4.78 is 0. The summed E-state index contributed by atoms with van der Waals surface area (Å²) in [5.41, 5.74) is 0. The van der Waals surface area contributed by atoms with E-state index in [2.05, 4.69) is 24.3 Å². The average molecular weight is 191 g/mol. The molecule has 0 fully saturated rings. The van der Waals surface area contributed by atoms with Crippen LogP contribution in [0, 0.1) is 6.08 Å². The second-order valence-electron chi connectivity index (χ2n) is 4.12. The highest BCUT2D eigenvalue weighted by Gasteiger charge is 1.90. The molecule has 1 aliphatic rings. The third-order valence-electron chi connectivity index (χ3n) is 2.72. The Bertz CT molecular complexity index is 147. The molecule has 0 heteroatoms. The van der Waals surface area contributed by atoms with Gasteiger partial charge in [-0.25, -0.2) is 0 Å². The van der Waals surface area contributed by atoms with E-state index in [0.717, 1.165) is 6.42 Å². The molecule has 14 heavy (non-hydrogen) atoms. The van der Waals surface area contributed by atoms with Gasteiger partial charge in [-0.3, -0.25) is 0 Å². The molecule has 1 rings (SSSR count). The SMILES string of the molecule is [C]1=C/CCCCCCC/C=C\CCC/1. The Labute approximate surface area is 89.1 Å². The molecule has 0 aromatic rings. The van der Waals surface area contributed by atoms with Crippen LogP contribution in [0.1, 0.15) is 64.2 Å². The topological polar surface area (TPSA) is 0 Å². The highest BCUT2D eigenvalue weighted by molar-refractivity contribution is 4.83. The Balaban J connectivity index is 2.16. The summed E-state index contributed by atoms with van der Waals surface area (Å²) in [4.78, 5) is 0. The van der Waals surface area contributed by atoms with Crippen LogP contribution < -0.4 is 0 Å². The van der Waals surface area contributed by atoms with Gasteiger partial charge in [-0.2, -0.15) is 0 Å². The van der Waals surface area contributed by atoms with Gasteiger partial charge < -0.3 is 0 Å². The zero-order valence-corrected chi connectivity index (χ0v) is 9.30. The summed E-state index contributed by atoms with van der Waals surface area (Å²) in [6.45, 7) is 0. The Morgan fingerprint density at radius 1 is 0.643 bits per heavy atom. The molecule has 1 radical (unpaired) electrons. The van der Waals surface area contributed by atoms with E-state index in [1.165, 1.54) is 57.8 Å². The van der Waals surface area contributed by atoms with Crippen molar-refractivity contribution in [2.45, 2.75) is 64.2 Å². The van der Waals surface area contributed by atoms with Crippen LogP contribution in [0.3, 0.4) is 0 Å². The number of rotatable bonds is 0. The fourth-order valence-electron chi connectivity index (χ4n) is 1.80. The predicted molar refractivity (Wildman–Crippen MR) is 63.1 cm³/mol. The first kappa shape index (κ1) is 11.6. The molecule has 0 N–H and O–H groups in total. The lowest BCUT2D eigenvalue weighted by Gasteiger charge is -1.99. The molecule has 79 valence electrons. The molecule has 0 aromatic carbocycles. The van der Waals surface area contributed by atoms with Gasteiger partial charge in [0.05, 0.1) is 0 Å². The van der Waals surface area contributed by atoms with Crippen LogP contribution in [0.2, 0.25) is 0 Å². The highest BCUT2D eigenvalue weighted by Crippen LogP contribution is 2.09. The summed E-state index contributed by atoms with van der Waals surface area (Å²) in [5, 5.41) is 0. The van der Waals surface area contributed by atoms with Crippen LogP contribution in [0.15, 0.2) is 18.2 Å². The van der Waals surface area contributed by atoms with Gasteiger partial charge in [0.1, 0.15) is 0 Å². The van der Waals surface area contributed by atoms with Crippen molar-refractivity contribution < 1.29 is 0 Å². The first-order chi connectivity index (χ1) is 7.00. The van der Waals surface area contributed by atoms with Crippen molar-refractivity contribution in [2.24, 2.45) is 0 Å². The fourth-order valence-corrected chi connectivity index (χ4v) is 1.80. The lowest BCUT2D eigenvalue weighted by atomic mass is 10.1. The molecule has 0 saturated carbocycles. The third-order valence-corrected chi connectivity index (χ3v) is 2.72. The van der Waals surface area contributed by atoms with Crippen LogP contribution in [0.4, 0.5) is 0 Å². The maximum atomic E-state index is 3.38. The molecule has 1 aliphatic carbocycles. The molecular weight excluding hydrogens is 168 g/mol. The number of hydrogen-bond donors (Lipinski definition) is 0. The maximum Gasteiger partial charge on any atom is -0.0276 e. The molecule has 0 spiro atoms. The zero-order valence-electron chi connectivity index (χ0n) is 9.30. The summed E-state index contributed by atoms with van der Waals surface area (Å²) in [6, 6.07) is 0. The monoisotopic (exact) mass is 191 g/mol. The van der Waals surface area contributed by atoms with Crippen molar-refractivity contribution in [1.29, 1.82) is 0 Å². The molecular formula is C14H23. The van der Waals surface area contributed by atoms with Crippen molar-refractivity contribution in [3.05, 3.63) is 24.3 Å². The van der Waals surface area contributed by atoms with Crippen molar-refractivity contribution in [1.82, 2.24) is 0 Å². The van der Waals surface area contributed by atoms with Gasteiger partial charge in [0.2, 0.25) is 0 Å². The number of allylic oxidation sites excluding steroid dienone is 4. The number of hydrogen-bond acceptors (Lipinski definition) is 0. The van der Waals surface area contributed by atoms with Crippen molar-refractivity contribution >= 4 is 0 Å². The molecule has 0 aliphatic heterocycles. The lowest BCUT2D eigenvalue weighted by Crippen LogP contribution is -1.79. The molecule has 0 aromatic heterocycles. The minimum atomic E-state index is 1.14. The molecule has 0 nitrogen and oxygen atoms in total. The Morgan fingerprint density at radius 2 is 1.29 bits per heavy atom. The van der Waals surface area contributed by atoms with Gasteiger partial charge in [0.25, 0.3) is 0 Å². The van der Waals surface area contributed by atoms with Crippen LogP contribution in [0.5, 0.6) is 0 Å². The zero-order chi connectivity index (χ0) is 9.90. The van der Waals surface area contributed by atoms with Crippen LogP contribution in [0.25, 0.3) is 0 Å². The molecule has 0 unspecified atom stereocenters. The van der Waals surface area contributed by atoms with E-state index in [0.29, 0.717) is 0 Å². The van der Waals surface area contributed by atoms with E-state index in [1.807, 2.05) is 0 Å². The van der Waals surface area contributed by atoms with Gasteiger partial charge in [0, 0.05) is 0 Å². The van der Waals surface area contributed by atoms with Crippen molar-refractivity contribution in [2.75, 3.05) is 0 Å². The fraction of sp³-hybridized carbons (Fsp3) is 0.714. The van der Waals surface area contributed by atoms with Gasteiger partial charge in [-0.05, 0) is 51.0 Å². The average Bonchev–Trinajstić information content (AvgIpc) is 2.22. The minimum Gasteiger partial charge on any atom is -0.0885 e. The predicted octanol–water partition coefficient (Wildman–Crippen LogP) is 4.82. The summed E-state index contributed by atoms with van der Waals surface area (Å²) in [6.07, 6.45) is 23.5. The van der Waals surface area contributed by atoms with Crippen LogP contribution in [-0.2, 0) is 0 Å². The van der Waals surface area contributed by atoms with E-state index in [9.17, 15) is 0 Å². The maximum absolute atomic E-state index is 3.38. The molecule has 0 bridgehead atoms. The molecule has 0 atom stereocenters. The largest absolute Gasteiger partial charge is 0.0885 e. The van der Waals surface area contributed by atoms with E-state index < -0.39 is 0 Å². The second kappa shape index (κ2) is 9.05. The van der Waals surface area contributed by atoms with E-state index in [1.54, 1.807) is 0 Å². The standard InChI is InChI=1S/C14H23/c1-2-4-6-8-10-12-14-13-11-9-7-5-3-1/h1-2,12H,3-9,11,13-14H2/b2-1-,12-10?. The summed E-state index contributed by atoms with van der Waals surface area (Å²) in [5.74, 6) is 0. The van der Waals surface area contributed by atoms with E-state index in [4.69, 9.17) is 0 Å². The van der Waals surface area contributed by atoms with Crippen molar-refractivity contribution in [3.8, 4) is 0 Å². The molecule has 0 amide bonds. The Morgan fingerprint density at radius 3 is 2.14 bits per heavy atom. The molecule has 0 saturated heterocycles. The van der Waals surface area contributed by atoms with E-state index >= 15 is 0 Å². The van der Waals surface area contributed by atoms with Crippen molar-refractivity contribution in [3.63, 3.8) is 0 Å². The van der Waals surface area contributed by atoms with Gasteiger partial charge in [0.15, 0.2) is 0 Å². The first-order valence-corrected chi connectivity index (χ1v) is 6.20. The van der Waals surface area contributed by atoms with Gasteiger partial charge >= 0.3 is 0 Å². The third kappa shape index (κ3) is 6.94. The minimum absolute atomic E-state index is 1.14. The first-order valence-electron chi connectivity index (χ1n) is 6.20. The smallest absolute Gasteiger partial charge is 0.0276 e. The van der Waals surface area contributed by atoms with Gasteiger partial charge in [-0.15, -0.1) is 0 Å². The van der Waals surface area contributed by atoms with E-state index in [-0.39, 0.29) is 0 Å². The van der Waals surface area contributed by atoms with Crippen LogP contribution in [-0.4, -0.2) is 0 Å². The summed E-state index contributed by atoms with van der Waals surface area (Å²) in [7, 11) is 0. The Hall–Kier alpha value is -0.520.